The van der Waals surface area contributed by atoms with Crippen LogP contribution in [0, 0.1) is 6.92 Å². The van der Waals surface area contributed by atoms with Crippen molar-refractivity contribution in [2.45, 2.75) is 13.5 Å². The summed E-state index contributed by atoms with van der Waals surface area (Å²) in [5.41, 5.74) is 3.30. The third-order valence-electron chi connectivity index (χ3n) is 3.29. The molecule has 0 fully saturated rings. The molecule has 3 aromatic rings. The van der Waals surface area contributed by atoms with Crippen LogP contribution in [0.4, 0.5) is 5.69 Å². The van der Waals surface area contributed by atoms with Gasteiger partial charge in [0.05, 0.1) is 11.4 Å². The van der Waals surface area contributed by atoms with Crippen molar-refractivity contribution in [1.29, 1.82) is 0 Å². The number of nitrogens with one attached hydrogen (secondary N) is 1. The molecule has 3 nitrogen and oxygen atoms in total. The average Bonchev–Trinajstić information content (AvgIpc) is 2.46. The van der Waals surface area contributed by atoms with Crippen molar-refractivity contribution in [3.8, 4) is 0 Å². The second kappa shape index (κ2) is 5.59. The minimum absolute atomic E-state index is 0.769. The monoisotopic (exact) mass is 327 g/mol. The van der Waals surface area contributed by atoms with Crippen LogP contribution < -0.4 is 5.32 Å². The summed E-state index contributed by atoms with van der Waals surface area (Å²) in [5.74, 6) is 0. The number of fused-ring (bicyclic) bond motifs is 1. The number of anilines is 1. The molecule has 0 spiro atoms. The lowest BCUT2D eigenvalue weighted by atomic mass is 10.1. The van der Waals surface area contributed by atoms with E-state index in [1.54, 1.807) is 0 Å². The zero-order valence-corrected chi connectivity index (χ0v) is 12.7. The van der Waals surface area contributed by atoms with Crippen molar-refractivity contribution >= 4 is 32.4 Å². The van der Waals surface area contributed by atoms with Gasteiger partial charge in [0.1, 0.15) is 4.60 Å². The van der Waals surface area contributed by atoms with E-state index in [1.807, 2.05) is 31.5 Å². The summed E-state index contributed by atoms with van der Waals surface area (Å²) in [7, 11) is 0. The Balaban J connectivity index is 1.87. The molecule has 0 atom stereocenters. The van der Waals surface area contributed by atoms with Crippen LogP contribution in [-0.2, 0) is 6.54 Å². The van der Waals surface area contributed by atoms with Gasteiger partial charge in [-0.2, -0.15) is 0 Å². The molecule has 1 aromatic carbocycles. The number of halogens is 1. The van der Waals surface area contributed by atoms with Crippen LogP contribution in [-0.4, -0.2) is 9.97 Å². The molecule has 3 rings (SSSR count). The van der Waals surface area contributed by atoms with E-state index in [4.69, 9.17) is 0 Å². The highest BCUT2D eigenvalue weighted by molar-refractivity contribution is 9.10. The molecule has 100 valence electrons. The number of hydrogen-bond acceptors (Lipinski definition) is 3. The highest BCUT2D eigenvalue weighted by atomic mass is 79.9. The predicted octanol–water partition coefficient (Wildman–Crippen LogP) is 4.31. The Morgan fingerprint density at radius 1 is 1.15 bits per heavy atom. The van der Waals surface area contributed by atoms with Crippen molar-refractivity contribution in [3.05, 3.63) is 64.7 Å². The summed E-state index contributed by atoms with van der Waals surface area (Å²) < 4.78 is 0.858. The number of benzene rings is 1. The molecule has 4 heteroatoms. The topological polar surface area (TPSA) is 37.8 Å². The largest absolute Gasteiger partial charge is 0.379 e. The maximum absolute atomic E-state index is 4.39. The lowest BCUT2D eigenvalue weighted by molar-refractivity contribution is 1.10. The third kappa shape index (κ3) is 2.65. The van der Waals surface area contributed by atoms with Gasteiger partial charge in [0.15, 0.2) is 0 Å². The summed E-state index contributed by atoms with van der Waals surface area (Å²) >= 11 is 3.38. The van der Waals surface area contributed by atoms with Crippen molar-refractivity contribution < 1.29 is 0 Å². The van der Waals surface area contributed by atoms with E-state index in [1.165, 1.54) is 10.9 Å². The second-order valence-corrected chi connectivity index (χ2v) is 5.45. The van der Waals surface area contributed by atoms with Crippen LogP contribution in [0.1, 0.15) is 11.3 Å². The molecule has 0 saturated carbocycles. The molecule has 0 amide bonds. The Labute approximate surface area is 126 Å². The minimum Gasteiger partial charge on any atom is -0.379 e. The van der Waals surface area contributed by atoms with Gasteiger partial charge in [0, 0.05) is 24.3 Å². The highest BCUT2D eigenvalue weighted by Gasteiger charge is 2.03. The summed E-state index contributed by atoms with van der Waals surface area (Å²) in [4.78, 5) is 8.55. The molecule has 0 radical (unpaired) electrons. The summed E-state index contributed by atoms with van der Waals surface area (Å²) in [6, 6.07) is 12.3. The SMILES string of the molecule is Cc1nc(Br)ccc1NCc1cccc2cnccc12. The molecule has 0 saturated heterocycles. The van der Waals surface area contributed by atoms with Crippen LogP contribution in [0.25, 0.3) is 10.8 Å². The first-order valence-corrected chi connectivity index (χ1v) is 7.22. The molecular formula is C16H14BrN3. The summed E-state index contributed by atoms with van der Waals surface area (Å²) in [6.07, 6.45) is 3.73. The molecule has 0 aliphatic carbocycles. The maximum atomic E-state index is 4.39. The van der Waals surface area contributed by atoms with Crippen molar-refractivity contribution in [3.63, 3.8) is 0 Å². The van der Waals surface area contributed by atoms with Gasteiger partial charge in [0.25, 0.3) is 0 Å². The fraction of sp³-hybridized carbons (Fsp3) is 0.125. The first kappa shape index (κ1) is 13.1. The van der Waals surface area contributed by atoms with Crippen molar-refractivity contribution in [2.75, 3.05) is 5.32 Å². The van der Waals surface area contributed by atoms with E-state index in [0.717, 1.165) is 27.9 Å². The molecule has 0 bridgehead atoms. The van der Waals surface area contributed by atoms with Gasteiger partial charge >= 0.3 is 0 Å². The van der Waals surface area contributed by atoms with Crippen molar-refractivity contribution in [1.82, 2.24) is 9.97 Å². The standard InChI is InChI=1S/C16H14BrN3/c1-11-15(5-6-16(17)20-11)19-10-13-4-2-3-12-9-18-8-7-14(12)13/h2-9,19H,10H2,1H3. The fourth-order valence-electron chi connectivity index (χ4n) is 2.25. The molecule has 1 N–H and O–H groups in total. The minimum atomic E-state index is 0.769. The molecule has 0 aliphatic rings. The smallest absolute Gasteiger partial charge is 0.106 e. The van der Waals surface area contributed by atoms with Gasteiger partial charge in [-0.3, -0.25) is 4.98 Å². The number of nitrogens with zero attached hydrogens (tertiary/aromatic N) is 2. The first-order chi connectivity index (χ1) is 9.74. The van der Waals surface area contributed by atoms with Gasteiger partial charge < -0.3 is 5.32 Å². The normalized spacial score (nSPS) is 10.7. The summed E-state index contributed by atoms with van der Waals surface area (Å²) in [6.45, 7) is 2.77. The highest BCUT2D eigenvalue weighted by Crippen LogP contribution is 2.21. The van der Waals surface area contributed by atoms with Gasteiger partial charge in [-0.25, -0.2) is 4.98 Å². The Hall–Kier alpha value is -1.94. The van der Waals surface area contributed by atoms with Gasteiger partial charge in [-0.1, -0.05) is 18.2 Å². The number of hydrogen-bond donors (Lipinski definition) is 1. The number of pyridine rings is 2. The Bertz CT molecular complexity index is 750. The van der Waals surface area contributed by atoms with Gasteiger partial charge in [-0.05, 0) is 52.0 Å². The lowest BCUT2D eigenvalue weighted by Crippen LogP contribution is -2.02. The fourth-order valence-corrected chi connectivity index (χ4v) is 2.65. The Kier molecular flexibility index (Phi) is 3.65. The van der Waals surface area contributed by atoms with Crippen LogP contribution >= 0.6 is 15.9 Å². The lowest BCUT2D eigenvalue weighted by Gasteiger charge is -2.11. The van der Waals surface area contributed by atoms with E-state index in [0.29, 0.717) is 0 Å². The maximum Gasteiger partial charge on any atom is 0.106 e. The van der Waals surface area contributed by atoms with E-state index in [-0.39, 0.29) is 0 Å². The molecule has 2 aromatic heterocycles. The second-order valence-electron chi connectivity index (χ2n) is 4.63. The molecule has 20 heavy (non-hydrogen) atoms. The third-order valence-corrected chi connectivity index (χ3v) is 3.73. The zero-order chi connectivity index (χ0) is 13.9. The summed E-state index contributed by atoms with van der Waals surface area (Å²) in [5, 5.41) is 5.84. The van der Waals surface area contributed by atoms with E-state index < -0.39 is 0 Å². The van der Waals surface area contributed by atoms with Gasteiger partial charge in [0.2, 0.25) is 0 Å². The molecule has 0 aliphatic heterocycles. The molecular weight excluding hydrogens is 314 g/mol. The quantitative estimate of drug-likeness (QED) is 0.728. The predicted molar refractivity (Wildman–Crippen MR) is 85.7 cm³/mol. The Morgan fingerprint density at radius 3 is 2.90 bits per heavy atom. The number of aryl methyl sites for hydroxylation is 1. The molecule has 0 unspecified atom stereocenters. The zero-order valence-electron chi connectivity index (χ0n) is 11.1. The number of rotatable bonds is 3. The van der Waals surface area contributed by atoms with Crippen LogP contribution in [0.2, 0.25) is 0 Å². The van der Waals surface area contributed by atoms with Crippen LogP contribution in [0.5, 0.6) is 0 Å². The average molecular weight is 328 g/mol. The van der Waals surface area contributed by atoms with Gasteiger partial charge in [-0.15, -0.1) is 0 Å². The van der Waals surface area contributed by atoms with Crippen LogP contribution in [0.15, 0.2) is 53.4 Å². The molecule has 2 heterocycles. The van der Waals surface area contributed by atoms with E-state index in [2.05, 4.69) is 55.5 Å². The van der Waals surface area contributed by atoms with Crippen LogP contribution in [0.3, 0.4) is 0 Å². The van der Waals surface area contributed by atoms with Crippen molar-refractivity contribution in [2.24, 2.45) is 0 Å². The first-order valence-electron chi connectivity index (χ1n) is 6.43. The number of aromatic nitrogens is 2. The van der Waals surface area contributed by atoms with E-state index >= 15 is 0 Å². The Morgan fingerprint density at radius 2 is 2.05 bits per heavy atom. The van der Waals surface area contributed by atoms with E-state index in [9.17, 15) is 0 Å².